The van der Waals surface area contributed by atoms with Gasteiger partial charge in [-0.15, -0.1) is 5.10 Å². The number of amides is 1. The highest BCUT2D eigenvalue weighted by Gasteiger charge is 2.60. The number of nitrogens with zero attached hydrogens (tertiary/aromatic N) is 3. The molecule has 0 spiro atoms. The Hall–Kier alpha value is -3.50. The molecule has 11 heteroatoms. The molecule has 1 aromatic rings. The van der Waals surface area contributed by atoms with Gasteiger partial charge in [0, 0.05) is 19.3 Å². The average Bonchev–Trinajstić information content (AvgIpc) is 3.49. The largest absolute Gasteiger partial charge is 0.465 e. The summed E-state index contributed by atoms with van der Waals surface area (Å²) in [4.78, 5) is 52.1. The summed E-state index contributed by atoms with van der Waals surface area (Å²) in [6, 6.07) is -0.547. The molecule has 1 aromatic heterocycles. The molecule has 2 N–H and O–H groups in total. The number of aromatic nitrogens is 3. The molecule has 2 fully saturated rings. The fourth-order valence-corrected chi connectivity index (χ4v) is 7.04. The van der Waals surface area contributed by atoms with Gasteiger partial charge in [0.2, 0.25) is 5.82 Å². The molecule has 11 nitrogen and oxygen atoms in total. The SMILES string of the molecule is C=C1CCC2[C@@](C)(CC[C@@H](OC(C)=O)[C@]2(C)COC(C)=O)[C@@H]1CC(C1=CCOC1=O)n1cnc(C(N)=O)n1. The molecule has 2 aliphatic carbocycles. The molecular formula is C27H36N4O7. The summed E-state index contributed by atoms with van der Waals surface area (Å²) in [7, 11) is 0. The molecule has 0 saturated heterocycles. The third-order valence-corrected chi connectivity index (χ3v) is 8.83. The first-order valence-electron chi connectivity index (χ1n) is 12.9. The van der Waals surface area contributed by atoms with Crippen LogP contribution in [0, 0.1) is 22.7 Å². The normalized spacial score (nSPS) is 31.6. The van der Waals surface area contributed by atoms with Crippen LogP contribution in [0.1, 0.15) is 76.5 Å². The molecule has 38 heavy (non-hydrogen) atoms. The third-order valence-electron chi connectivity index (χ3n) is 8.83. The predicted molar refractivity (Wildman–Crippen MR) is 134 cm³/mol. The number of nitrogens with two attached hydrogens (primary N) is 1. The van der Waals surface area contributed by atoms with E-state index in [1.165, 1.54) is 24.9 Å². The number of carbonyl (C=O) groups excluding carboxylic acids is 4. The van der Waals surface area contributed by atoms with Crippen molar-refractivity contribution in [3.63, 3.8) is 0 Å². The van der Waals surface area contributed by atoms with Crippen LogP contribution in [-0.2, 0) is 28.6 Å². The second kappa shape index (κ2) is 10.3. The van der Waals surface area contributed by atoms with E-state index < -0.39 is 29.4 Å². The maximum absolute atomic E-state index is 12.7. The smallest absolute Gasteiger partial charge is 0.336 e. The van der Waals surface area contributed by atoms with Crippen LogP contribution in [0.5, 0.6) is 0 Å². The zero-order chi connectivity index (χ0) is 27.8. The van der Waals surface area contributed by atoms with Crippen molar-refractivity contribution in [2.24, 2.45) is 28.4 Å². The maximum atomic E-state index is 12.7. The van der Waals surface area contributed by atoms with Gasteiger partial charge in [-0.05, 0) is 55.4 Å². The quantitative estimate of drug-likeness (QED) is 0.305. The molecule has 1 amide bonds. The Morgan fingerprint density at radius 1 is 1.26 bits per heavy atom. The molecule has 0 radical (unpaired) electrons. The van der Waals surface area contributed by atoms with E-state index in [0.29, 0.717) is 18.4 Å². The first-order valence-corrected chi connectivity index (χ1v) is 12.9. The van der Waals surface area contributed by atoms with Crippen LogP contribution in [0.4, 0.5) is 0 Å². The third kappa shape index (κ3) is 4.98. The van der Waals surface area contributed by atoms with Gasteiger partial charge in [-0.2, -0.15) is 0 Å². The van der Waals surface area contributed by atoms with Gasteiger partial charge < -0.3 is 19.9 Å². The Balaban J connectivity index is 1.72. The maximum Gasteiger partial charge on any atom is 0.336 e. The lowest BCUT2D eigenvalue weighted by Gasteiger charge is -2.60. The van der Waals surface area contributed by atoms with Crippen LogP contribution in [0.3, 0.4) is 0 Å². The predicted octanol–water partition coefficient (Wildman–Crippen LogP) is 2.67. The van der Waals surface area contributed by atoms with E-state index in [-0.39, 0.29) is 48.2 Å². The van der Waals surface area contributed by atoms with Crippen molar-refractivity contribution in [2.75, 3.05) is 13.2 Å². The second-order valence-electron chi connectivity index (χ2n) is 11.2. The van der Waals surface area contributed by atoms with Crippen molar-refractivity contribution >= 4 is 23.8 Å². The molecule has 1 aliphatic heterocycles. The summed E-state index contributed by atoms with van der Waals surface area (Å²) < 4.78 is 18.0. The molecule has 6 atom stereocenters. The minimum absolute atomic E-state index is 0.0324. The van der Waals surface area contributed by atoms with Crippen LogP contribution in [0.25, 0.3) is 0 Å². The number of cyclic esters (lactones) is 1. The Bertz CT molecular complexity index is 1190. The minimum Gasteiger partial charge on any atom is -0.465 e. The zero-order valence-electron chi connectivity index (χ0n) is 22.4. The van der Waals surface area contributed by atoms with E-state index >= 15 is 0 Å². The number of hydrogen-bond acceptors (Lipinski definition) is 9. The van der Waals surface area contributed by atoms with Gasteiger partial charge in [-0.1, -0.05) is 26.0 Å². The van der Waals surface area contributed by atoms with Crippen LogP contribution in [0.2, 0.25) is 0 Å². The van der Waals surface area contributed by atoms with E-state index in [1.807, 2.05) is 6.92 Å². The topological polar surface area (TPSA) is 153 Å². The number of allylic oxidation sites excluding steroid dienone is 1. The lowest BCUT2D eigenvalue weighted by Crippen LogP contribution is -2.59. The number of carbonyl (C=O) groups is 4. The highest BCUT2D eigenvalue weighted by Crippen LogP contribution is 2.63. The van der Waals surface area contributed by atoms with Crippen LogP contribution < -0.4 is 5.73 Å². The lowest BCUT2D eigenvalue weighted by molar-refractivity contribution is -0.192. The van der Waals surface area contributed by atoms with Crippen molar-refractivity contribution in [3.8, 4) is 0 Å². The molecule has 2 unspecified atom stereocenters. The lowest BCUT2D eigenvalue weighted by atomic mass is 9.46. The first-order chi connectivity index (χ1) is 17.9. The zero-order valence-corrected chi connectivity index (χ0v) is 22.4. The van der Waals surface area contributed by atoms with Crippen LogP contribution in [-0.4, -0.2) is 57.9 Å². The van der Waals surface area contributed by atoms with Crippen LogP contribution >= 0.6 is 0 Å². The summed E-state index contributed by atoms with van der Waals surface area (Å²) in [5.74, 6) is -2.11. The Morgan fingerprint density at radius 3 is 2.58 bits per heavy atom. The average molecular weight is 529 g/mol. The van der Waals surface area contributed by atoms with Gasteiger partial charge in [0.05, 0.1) is 11.6 Å². The van der Waals surface area contributed by atoms with Gasteiger partial charge in [-0.25, -0.2) is 14.5 Å². The monoisotopic (exact) mass is 528 g/mol. The van der Waals surface area contributed by atoms with Gasteiger partial charge in [0.15, 0.2) is 0 Å². The van der Waals surface area contributed by atoms with Gasteiger partial charge in [0.1, 0.15) is 25.6 Å². The fourth-order valence-electron chi connectivity index (χ4n) is 7.04. The van der Waals surface area contributed by atoms with Gasteiger partial charge >= 0.3 is 17.9 Å². The van der Waals surface area contributed by atoms with Crippen molar-refractivity contribution < 1.29 is 33.4 Å². The summed E-state index contributed by atoms with van der Waals surface area (Å²) in [5, 5.41) is 4.27. The highest BCUT2D eigenvalue weighted by atomic mass is 16.6. The standard InChI is InChI=1S/C27H36N4O7/c1-15-6-7-21-26(4,10-8-22(38-17(3)33)27(21,5)13-37-16(2)32)19(15)12-20(18-9-11-36-25(18)35)31-14-29-24(30-31)23(28)34/h9,14,19-22H,1,6-8,10-13H2,2-5H3,(H2,28,34)/t19-,20?,21?,22-,26+,27-/m1/s1. The minimum atomic E-state index is -0.760. The number of esters is 3. The number of ether oxygens (including phenoxy) is 3. The molecule has 4 rings (SSSR count). The molecule has 2 heterocycles. The summed E-state index contributed by atoms with van der Waals surface area (Å²) in [5.41, 5.74) is 5.95. The molecule has 0 bridgehead atoms. The van der Waals surface area contributed by atoms with E-state index in [1.54, 1.807) is 6.08 Å². The Labute approximate surface area is 221 Å². The van der Waals surface area contributed by atoms with E-state index in [2.05, 4.69) is 23.6 Å². The van der Waals surface area contributed by atoms with E-state index in [4.69, 9.17) is 19.9 Å². The van der Waals surface area contributed by atoms with E-state index in [0.717, 1.165) is 24.8 Å². The van der Waals surface area contributed by atoms with Crippen molar-refractivity contribution in [1.82, 2.24) is 14.8 Å². The second-order valence-corrected chi connectivity index (χ2v) is 11.2. The molecule has 3 aliphatic rings. The van der Waals surface area contributed by atoms with Crippen LogP contribution in [0.15, 0.2) is 30.1 Å². The molecule has 206 valence electrons. The summed E-state index contributed by atoms with van der Waals surface area (Å²) >= 11 is 0. The van der Waals surface area contributed by atoms with Crippen molar-refractivity contribution in [2.45, 2.75) is 71.9 Å². The summed E-state index contributed by atoms with van der Waals surface area (Å²) in [6.45, 7) is 11.7. The van der Waals surface area contributed by atoms with Gasteiger partial charge in [0.25, 0.3) is 5.91 Å². The van der Waals surface area contributed by atoms with Gasteiger partial charge in [-0.3, -0.25) is 14.4 Å². The Morgan fingerprint density at radius 2 is 2.00 bits per heavy atom. The highest BCUT2D eigenvalue weighted by molar-refractivity contribution is 5.91. The molecular weight excluding hydrogens is 492 g/mol. The number of primary amides is 1. The molecule has 2 saturated carbocycles. The number of fused-ring (bicyclic) bond motifs is 1. The Kier molecular flexibility index (Phi) is 7.49. The molecule has 0 aromatic carbocycles. The number of rotatable bonds is 8. The number of hydrogen-bond donors (Lipinski definition) is 1. The van der Waals surface area contributed by atoms with Crippen molar-refractivity contribution in [1.29, 1.82) is 0 Å². The van der Waals surface area contributed by atoms with E-state index in [9.17, 15) is 19.2 Å². The van der Waals surface area contributed by atoms with Crippen molar-refractivity contribution in [3.05, 3.63) is 36.0 Å². The fraction of sp³-hybridized carbons (Fsp3) is 0.630. The first kappa shape index (κ1) is 27.5. The summed E-state index contributed by atoms with van der Waals surface area (Å²) in [6.07, 6.45) is 6.07.